The smallest absolute Gasteiger partial charge is 0.309 e. The Morgan fingerprint density at radius 1 is 1.32 bits per heavy atom. The van der Waals surface area contributed by atoms with Crippen molar-refractivity contribution < 1.29 is 14.6 Å². The van der Waals surface area contributed by atoms with E-state index in [0.717, 1.165) is 10.0 Å². The minimum atomic E-state index is -0.912. The summed E-state index contributed by atoms with van der Waals surface area (Å²) in [6.45, 7) is 0.412. The second kappa shape index (κ2) is 8.09. The molecule has 1 aromatic carbocycles. The molecule has 0 aliphatic carbocycles. The van der Waals surface area contributed by atoms with Gasteiger partial charge in [-0.25, -0.2) is 9.97 Å². The van der Waals surface area contributed by atoms with Gasteiger partial charge < -0.3 is 15.2 Å². The first-order valence-corrected chi connectivity index (χ1v) is 9.03. The number of hydrogen-bond acceptors (Lipinski definition) is 6. The van der Waals surface area contributed by atoms with Crippen molar-refractivity contribution in [1.82, 2.24) is 9.97 Å². The summed E-state index contributed by atoms with van der Waals surface area (Å²) in [5.74, 6) is 0.189. The molecule has 2 heterocycles. The van der Waals surface area contributed by atoms with Gasteiger partial charge in [0.25, 0.3) is 0 Å². The largest absolute Gasteiger partial charge is 0.485 e. The molecular weight excluding hydrogens is 406 g/mol. The maximum atomic E-state index is 10.8. The maximum Gasteiger partial charge on any atom is 0.309 e. The third-order valence-corrected chi connectivity index (χ3v) is 4.41. The highest BCUT2D eigenvalue weighted by molar-refractivity contribution is 9.10. The molecule has 0 saturated carbocycles. The standard InChI is InChI=1S/C17H14BrN3O3S/c18-12-6-14(24-9-11-4-2-1-3-5-11)16(19-8-12)21-17-20-13(10-25-17)7-15(22)23/h1-6,8,10H,7,9H2,(H,22,23)(H,19,20,21). The molecule has 2 aromatic heterocycles. The molecule has 0 bridgehead atoms. The molecule has 6 nitrogen and oxygen atoms in total. The molecule has 0 saturated heterocycles. The lowest BCUT2D eigenvalue weighted by Gasteiger charge is -2.11. The van der Waals surface area contributed by atoms with Gasteiger partial charge in [0.15, 0.2) is 16.7 Å². The van der Waals surface area contributed by atoms with E-state index in [1.807, 2.05) is 36.4 Å². The number of halogens is 1. The summed E-state index contributed by atoms with van der Waals surface area (Å²) in [5.41, 5.74) is 1.55. The number of nitrogens with zero attached hydrogens (tertiary/aromatic N) is 2. The summed E-state index contributed by atoms with van der Waals surface area (Å²) in [6.07, 6.45) is 1.55. The Bertz CT molecular complexity index is 871. The van der Waals surface area contributed by atoms with E-state index in [-0.39, 0.29) is 6.42 Å². The number of pyridine rings is 1. The van der Waals surface area contributed by atoms with Crippen molar-refractivity contribution in [2.45, 2.75) is 13.0 Å². The fourth-order valence-corrected chi connectivity index (χ4v) is 3.08. The molecule has 0 unspecified atom stereocenters. The highest BCUT2D eigenvalue weighted by atomic mass is 79.9. The number of aliphatic carboxylic acids is 1. The number of hydrogen-bond donors (Lipinski definition) is 2. The molecule has 0 spiro atoms. The van der Waals surface area contributed by atoms with Crippen molar-refractivity contribution in [2.75, 3.05) is 5.32 Å². The van der Waals surface area contributed by atoms with Crippen LogP contribution in [0.1, 0.15) is 11.3 Å². The fourth-order valence-electron chi connectivity index (χ4n) is 2.06. The van der Waals surface area contributed by atoms with Crippen molar-refractivity contribution >= 4 is 44.2 Å². The topological polar surface area (TPSA) is 84.3 Å². The van der Waals surface area contributed by atoms with Gasteiger partial charge in [-0.2, -0.15) is 0 Å². The number of carbonyl (C=O) groups is 1. The number of nitrogens with one attached hydrogen (secondary N) is 1. The molecule has 3 aromatic rings. The van der Waals surface area contributed by atoms with Crippen LogP contribution >= 0.6 is 27.3 Å². The van der Waals surface area contributed by atoms with Crippen LogP contribution in [0.3, 0.4) is 0 Å². The third-order valence-electron chi connectivity index (χ3n) is 3.17. The van der Waals surface area contributed by atoms with Gasteiger partial charge in [-0.1, -0.05) is 30.3 Å². The number of ether oxygens (including phenoxy) is 1. The highest BCUT2D eigenvalue weighted by Gasteiger charge is 2.11. The number of aromatic nitrogens is 2. The molecule has 25 heavy (non-hydrogen) atoms. The monoisotopic (exact) mass is 419 g/mol. The van der Waals surface area contributed by atoms with Gasteiger partial charge in [0.1, 0.15) is 6.61 Å². The molecule has 0 aliphatic heterocycles. The van der Waals surface area contributed by atoms with Gasteiger partial charge in [-0.15, -0.1) is 11.3 Å². The van der Waals surface area contributed by atoms with Gasteiger partial charge in [-0.3, -0.25) is 4.79 Å². The van der Waals surface area contributed by atoms with Crippen LogP contribution in [-0.4, -0.2) is 21.0 Å². The zero-order chi connectivity index (χ0) is 17.6. The minimum absolute atomic E-state index is 0.108. The number of anilines is 2. The molecular formula is C17H14BrN3O3S. The Kier molecular flexibility index (Phi) is 5.62. The van der Waals surface area contributed by atoms with E-state index in [0.29, 0.717) is 29.0 Å². The fraction of sp³-hybridized carbons (Fsp3) is 0.118. The lowest BCUT2D eigenvalue weighted by atomic mass is 10.2. The van der Waals surface area contributed by atoms with Crippen molar-refractivity contribution in [3.8, 4) is 5.75 Å². The van der Waals surface area contributed by atoms with Gasteiger partial charge >= 0.3 is 5.97 Å². The second-order valence-corrected chi connectivity index (χ2v) is 6.89. The van der Waals surface area contributed by atoms with Crippen LogP contribution < -0.4 is 10.1 Å². The first kappa shape index (κ1) is 17.4. The van der Waals surface area contributed by atoms with Gasteiger partial charge in [0, 0.05) is 16.0 Å². The zero-order valence-corrected chi connectivity index (χ0v) is 15.4. The van der Waals surface area contributed by atoms with E-state index < -0.39 is 5.97 Å². The number of carboxylic acids is 1. The van der Waals surface area contributed by atoms with Crippen LogP contribution in [0.5, 0.6) is 5.75 Å². The van der Waals surface area contributed by atoms with Crippen LogP contribution in [0.2, 0.25) is 0 Å². The van der Waals surface area contributed by atoms with E-state index >= 15 is 0 Å². The summed E-state index contributed by atoms with van der Waals surface area (Å²) in [4.78, 5) is 19.3. The van der Waals surface area contributed by atoms with Gasteiger partial charge in [0.2, 0.25) is 0 Å². The normalized spacial score (nSPS) is 10.4. The Labute approximate surface area is 156 Å². The third kappa shape index (κ3) is 5.01. The maximum absolute atomic E-state index is 10.8. The lowest BCUT2D eigenvalue weighted by molar-refractivity contribution is -0.136. The van der Waals surface area contributed by atoms with Crippen LogP contribution in [0.4, 0.5) is 10.9 Å². The first-order valence-electron chi connectivity index (χ1n) is 7.35. The molecule has 0 aliphatic rings. The van der Waals surface area contributed by atoms with Crippen LogP contribution in [-0.2, 0) is 17.8 Å². The molecule has 0 atom stereocenters. The van der Waals surface area contributed by atoms with Crippen LogP contribution in [0, 0.1) is 0 Å². The molecule has 8 heteroatoms. The lowest BCUT2D eigenvalue weighted by Crippen LogP contribution is -2.02. The molecule has 128 valence electrons. The van der Waals surface area contributed by atoms with E-state index in [1.54, 1.807) is 11.6 Å². The molecule has 0 radical (unpaired) electrons. The minimum Gasteiger partial charge on any atom is -0.485 e. The quantitative estimate of drug-likeness (QED) is 0.595. The summed E-state index contributed by atoms with van der Waals surface area (Å²) in [7, 11) is 0. The van der Waals surface area contributed by atoms with Crippen molar-refractivity contribution in [3.63, 3.8) is 0 Å². The SMILES string of the molecule is O=C(O)Cc1csc(Nc2ncc(Br)cc2OCc2ccccc2)n1. The number of carboxylic acid groups (broad SMARTS) is 1. The van der Waals surface area contributed by atoms with Crippen molar-refractivity contribution in [2.24, 2.45) is 0 Å². The molecule has 3 rings (SSSR count). The molecule has 2 N–H and O–H groups in total. The Morgan fingerprint density at radius 2 is 2.12 bits per heavy atom. The molecule has 0 fully saturated rings. The highest BCUT2D eigenvalue weighted by Crippen LogP contribution is 2.30. The number of thiazole rings is 1. The average molecular weight is 420 g/mol. The van der Waals surface area contributed by atoms with E-state index in [9.17, 15) is 4.79 Å². The van der Waals surface area contributed by atoms with Gasteiger partial charge in [-0.05, 0) is 27.6 Å². The average Bonchev–Trinajstić information content (AvgIpc) is 3.02. The van der Waals surface area contributed by atoms with Gasteiger partial charge in [0.05, 0.1) is 12.1 Å². The summed E-state index contributed by atoms with van der Waals surface area (Å²) >= 11 is 4.71. The summed E-state index contributed by atoms with van der Waals surface area (Å²) in [5, 5.41) is 14.2. The summed E-state index contributed by atoms with van der Waals surface area (Å²) in [6, 6.07) is 11.7. The molecule has 0 amide bonds. The predicted octanol–water partition coefficient (Wildman–Crippen LogP) is 4.25. The van der Waals surface area contributed by atoms with Crippen molar-refractivity contribution in [1.29, 1.82) is 0 Å². The summed E-state index contributed by atoms with van der Waals surface area (Å²) < 4.78 is 6.67. The zero-order valence-electron chi connectivity index (χ0n) is 13.0. The first-order chi connectivity index (χ1) is 12.1. The van der Waals surface area contributed by atoms with E-state index in [2.05, 4.69) is 31.2 Å². The Hall–Kier alpha value is -2.45. The Balaban J connectivity index is 1.74. The number of benzene rings is 1. The predicted molar refractivity (Wildman–Crippen MR) is 99.4 cm³/mol. The van der Waals surface area contributed by atoms with E-state index in [4.69, 9.17) is 9.84 Å². The van der Waals surface area contributed by atoms with E-state index in [1.165, 1.54) is 11.3 Å². The Morgan fingerprint density at radius 3 is 2.88 bits per heavy atom. The van der Waals surface area contributed by atoms with Crippen molar-refractivity contribution in [3.05, 3.63) is 63.7 Å². The van der Waals surface area contributed by atoms with Crippen LogP contribution in [0.25, 0.3) is 0 Å². The number of rotatable bonds is 7. The van der Waals surface area contributed by atoms with Crippen LogP contribution in [0.15, 0.2) is 52.4 Å². The second-order valence-electron chi connectivity index (χ2n) is 5.11.